The lowest BCUT2D eigenvalue weighted by Crippen LogP contribution is -2.39. The summed E-state index contributed by atoms with van der Waals surface area (Å²) < 4.78 is 1.11. The van der Waals surface area contributed by atoms with Crippen molar-refractivity contribution in [2.45, 2.75) is 45.1 Å². The van der Waals surface area contributed by atoms with Crippen molar-refractivity contribution in [3.63, 3.8) is 0 Å². The zero-order valence-corrected chi connectivity index (χ0v) is 13.2. The van der Waals surface area contributed by atoms with Crippen LogP contribution in [0.2, 0.25) is 0 Å². The highest BCUT2D eigenvalue weighted by atomic mass is 79.9. The Labute approximate surface area is 124 Å². The Bertz CT molecular complexity index is 384. The molecule has 0 aliphatic heterocycles. The average molecular weight is 326 g/mol. The SMILES string of the molecule is CC(NCC1(CO)CCCCC1)c1ccc(Br)cc1. The molecule has 0 bridgehead atoms. The van der Waals surface area contributed by atoms with Crippen LogP contribution in [0, 0.1) is 5.41 Å². The molecule has 106 valence electrons. The largest absolute Gasteiger partial charge is 0.396 e. The van der Waals surface area contributed by atoms with Crippen LogP contribution in [0.5, 0.6) is 0 Å². The molecule has 1 aliphatic rings. The topological polar surface area (TPSA) is 32.3 Å². The van der Waals surface area contributed by atoms with Crippen LogP contribution in [0.3, 0.4) is 0 Å². The number of halogens is 1. The molecule has 0 spiro atoms. The summed E-state index contributed by atoms with van der Waals surface area (Å²) in [5.74, 6) is 0. The van der Waals surface area contributed by atoms with E-state index < -0.39 is 0 Å². The second-order valence-corrected chi connectivity index (χ2v) is 6.79. The Morgan fingerprint density at radius 3 is 2.42 bits per heavy atom. The monoisotopic (exact) mass is 325 g/mol. The van der Waals surface area contributed by atoms with Gasteiger partial charge < -0.3 is 10.4 Å². The molecule has 2 N–H and O–H groups in total. The van der Waals surface area contributed by atoms with Crippen molar-refractivity contribution >= 4 is 15.9 Å². The summed E-state index contributed by atoms with van der Waals surface area (Å²) in [7, 11) is 0. The maximum absolute atomic E-state index is 9.72. The standard InChI is InChI=1S/C16H24BrNO/c1-13(14-5-7-15(17)8-6-14)18-11-16(12-19)9-3-2-4-10-16/h5-8,13,18-19H,2-4,9-12H2,1H3. The first kappa shape index (κ1) is 15.0. The van der Waals surface area contributed by atoms with Crippen molar-refractivity contribution in [1.82, 2.24) is 5.32 Å². The highest BCUT2D eigenvalue weighted by Crippen LogP contribution is 2.35. The molecule has 3 heteroatoms. The Kier molecular flexibility index (Phi) is 5.43. The number of rotatable bonds is 5. The Morgan fingerprint density at radius 1 is 1.21 bits per heavy atom. The van der Waals surface area contributed by atoms with Crippen LogP contribution in [0.1, 0.15) is 50.6 Å². The third-order valence-electron chi connectivity index (χ3n) is 4.40. The van der Waals surface area contributed by atoms with E-state index in [4.69, 9.17) is 0 Å². The molecule has 1 saturated carbocycles. The lowest BCUT2D eigenvalue weighted by Gasteiger charge is -2.36. The van der Waals surface area contributed by atoms with Gasteiger partial charge in [0.15, 0.2) is 0 Å². The van der Waals surface area contributed by atoms with Crippen molar-refractivity contribution < 1.29 is 5.11 Å². The average Bonchev–Trinajstić information content (AvgIpc) is 2.46. The van der Waals surface area contributed by atoms with Gasteiger partial charge in [-0.05, 0) is 37.5 Å². The summed E-state index contributed by atoms with van der Waals surface area (Å²) in [6.45, 7) is 3.42. The third kappa shape index (κ3) is 4.04. The van der Waals surface area contributed by atoms with E-state index in [0.29, 0.717) is 12.6 Å². The van der Waals surface area contributed by atoms with Crippen molar-refractivity contribution in [3.05, 3.63) is 34.3 Å². The maximum atomic E-state index is 9.72. The molecular formula is C16H24BrNO. The fourth-order valence-electron chi connectivity index (χ4n) is 2.93. The summed E-state index contributed by atoms with van der Waals surface area (Å²) in [6, 6.07) is 8.78. The van der Waals surface area contributed by atoms with E-state index in [0.717, 1.165) is 23.9 Å². The van der Waals surface area contributed by atoms with E-state index in [-0.39, 0.29) is 5.41 Å². The molecule has 0 heterocycles. The molecule has 1 fully saturated rings. The number of nitrogens with one attached hydrogen (secondary N) is 1. The predicted molar refractivity (Wildman–Crippen MR) is 83.2 cm³/mol. The summed E-state index contributed by atoms with van der Waals surface area (Å²) in [5, 5.41) is 13.3. The van der Waals surface area contributed by atoms with Gasteiger partial charge in [0.2, 0.25) is 0 Å². The smallest absolute Gasteiger partial charge is 0.0499 e. The highest BCUT2D eigenvalue weighted by molar-refractivity contribution is 9.10. The number of hydrogen-bond donors (Lipinski definition) is 2. The summed E-state index contributed by atoms with van der Waals surface area (Å²) in [5.41, 5.74) is 1.41. The van der Waals surface area contributed by atoms with E-state index in [1.54, 1.807) is 0 Å². The van der Waals surface area contributed by atoms with Crippen LogP contribution in [-0.2, 0) is 0 Å². The fourth-order valence-corrected chi connectivity index (χ4v) is 3.20. The van der Waals surface area contributed by atoms with Gasteiger partial charge in [0.25, 0.3) is 0 Å². The maximum Gasteiger partial charge on any atom is 0.0499 e. The minimum atomic E-state index is 0.113. The molecule has 2 rings (SSSR count). The predicted octanol–water partition coefficient (Wildman–Crippen LogP) is 4.04. The van der Waals surface area contributed by atoms with Crippen molar-refractivity contribution in [1.29, 1.82) is 0 Å². The summed E-state index contributed by atoms with van der Waals surface area (Å²) >= 11 is 3.46. The van der Waals surface area contributed by atoms with E-state index in [1.807, 2.05) is 0 Å². The van der Waals surface area contributed by atoms with Crippen LogP contribution in [0.15, 0.2) is 28.7 Å². The minimum absolute atomic E-state index is 0.113. The van der Waals surface area contributed by atoms with Crippen LogP contribution in [0.25, 0.3) is 0 Å². The summed E-state index contributed by atoms with van der Waals surface area (Å²) in [4.78, 5) is 0. The van der Waals surface area contributed by atoms with Crippen LogP contribution < -0.4 is 5.32 Å². The van der Waals surface area contributed by atoms with Gasteiger partial charge in [-0.15, -0.1) is 0 Å². The quantitative estimate of drug-likeness (QED) is 0.856. The zero-order chi connectivity index (χ0) is 13.7. The van der Waals surface area contributed by atoms with Gasteiger partial charge in [0.1, 0.15) is 0 Å². The lowest BCUT2D eigenvalue weighted by molar-refractivity contribution is 0.0789. The van der Waals surface area contributed by atoms with E-state index in [2.05, 4.69) is 52.4 Å². The number of aliphatic hydroxyl groups is 1. The van der Waals surface area contributed by atoms with Crippen LogP contribution in [0.4, 0.5) is 0 Å². The minimum Gasteiger partial charge on any atom is -0.396 e. The molecule has 0 saturated heterocycles. The van der Waals surface area contributed by atoms with Crippen LogP contribution >= 0.6 is 15.9 Å². The van der Waals surface area contributed by atoms with Gasteiger partial charge in [-0.3, -0.25) is 0 Å². The zero-order valence-electron chi connectivity index (χ0n) is 11.7. The first-order chi connectivity index (χ1) is 9.15. The molecule has 0 amide bonds. The van der Waals surface area contributed by atoms with Gasteiger partial charge in [0, 0.05) is 29.1 Å². The number of benzene rings is 1. The van der Waals surface area contributed by atoms with Gasteiger partial charge in [-0.25, -0.2) is 0 Å². The lowest BCUT2D eigenvalue weighted by atomic mass is 9.74. The van der Waals surface area contributed by atoms with Gasteiger partial charge in [-0.1, -0.05) is 47.3 Å². The van der Waals surface area contributed by atoms with Crippen LogP contribution in [-0.4, -0.2) is 18.3 Å². The van der Waals surface area contributed by atoms with Gasteiger partial charge in [-0.2, -0.15) is 0 Å². The fraction of sp³-hybridized carbons (Fsp3) is 0.625. The van der Waals surface area contributed by atoms with Crippen molar-refractivity contribution in [3.8, 4) is 0 Å². The third-order valence-corrected chi connectivity index (χ3v) is 4.93. The molecule has 1 atom stereocenters. The van der Waals surface area contributed by atoms with E-state index in [9.17, 15) is 5.11 Å². The second-order valence-electron chi connectivity index (χ2n) is 5.87. The van der Waals surface area contributed by atoms with Crippen molar-refractivity contribution in [2.75, 3.05) is 13.2 Å². The van der Waals surface area contributed by atoms with Gasteiger partial charge >= 0.3 is 0 Å². The Morgan fingerprint density at radius 2 is 1.84 bits per heavy atom. The first-order valence-electron chi connectivity index (χ1n) is 7.25. The highest BCUT2D eigenvalue weighted by Gasteiger charge is 2.31. The first-order valence-corrected chi connectivity index (χ1v) is 8.04. The van der Waals surface area contributed by atoms with E-state index >= 15 is 0 Å². The number of aliphatic hydroxyl groups excluding tert-OH is 1. The molecule has 19 heavy (non-hydrogen) atoms. The van der Waals surface area contributed by atoms with Crippen molar-refractivity contribution in [2.24, 2.45) is 5.41 Å². The Balaban J connectivity index is 1.91. The molecule has 1 aromatic rings. The molecular weight excluding hydrogens is 302 g/mol. The molecule has 0 aromatic heterocycles. The molecule has 1 aromatic carbocycles. The second kappa shape index (κ2) is 6.87. The Hall–Kier alpha value is -0.380. The van der Waals surface area contributed by atoms with E-state index in [1.165, 1.54) is 24.8 Å². The number of hydrogen-bond acceptors (Lipinski definition) is 2. The summed E-state index contributed by atoms with van der Waals surface area (Å²) in [6.07, 6.45) is 6.15. The van der Waals surface area contributed by atoms with Gasteiger partial charge in [0.05, 0.1) is 0 Å². The molecule has 0 radical (unpaired) electrons. The molecule has 1 unspecified atom stereocenters. The molecule has 1 aliphatic carbocycles. The molecule has 2 nitrogen and oxygen atoms in total. The normalized spacial score (nSPS) is 20.2.